The Morgan fingerprint density at radius 1 is 0.882 bits per heavy atom. The van der Waals surface area contributed by atoms with E-state index in [-0.39, 0.29) is 0 Å². The Hall–Kier alpha value is -2.15. The first kappa shape index (κ1) is 8.94. The molecule has 0 radical (unpaired) electrons. The van der Waals surface area contributed by atoms with Crippen molar-refractivity contribution in [3.05, 3.63) is 65.9 Å². The van der Waals surface area contributed by atoms with Gasteiger partial charge >= 0.3 is 0 Å². The lowest BCUT2D eigenvalue weighted by atomic mass is 10.0. The van der Waals surface area contributed by atoms with Crippen molar-refractivity contribution < 1.29 is 4.98 Å². The zero-order valence-corrected chi connectivity index (χ0v) is 9.40. The molecule has 1 heterocycles. The first-order chi connectivity index (χ1) is 8.43. The molecule has 80 valence electrons. The van der Waals surface area contributed by atoms with E-state index in [1.807, 2.05) is 0 Å². The van der Waals surface area contributed by atoms with Crippen molar-refractivity contribution in [3.8, 4) is 11.3 Å². The fourth-order valence-corrected chi connectivity index (χ4v) is 2.80. The summed E-state index contributed by atoms with van der Waals surface area (Å²) in [5.74, 6) is 0. The maximum atomic E-state index is 3.45. The molecule has 0 fully saturated rings. The van der Waals surface area contributed by atoms with Crippen molar-refractivity contribution in [2.75, 3.05) is 0 Å². The Kier molecular flexibility index (Phi) is 1.67. The van der Waals surface area contributed by atoms with Crippen molar-refractivity contribution in [1.82, 2.24) is 0 Å². The summed E-state index contributed by atoms with van der Waals surface area (Å²) in [6.45, 7) is 0. The highest BCUT2D eigenvalue weighted by Crippen LogP contribution is 2.36. The quantitative estimate of drug-likeness (QED) is 0.430. The van der Waals surface area contributed by atoms with Crippen LogP contribution in [0.5, 0.6) is 0 Å². The minimum absolute atomic E-state index is 1.04. The number of aromatic amines is 1. The number of rotatable bonds is 0. The van der Waals surface area contributed by atoms with Gasteiger partial charge in [0.05, 0.1) is 0 Å². The molecule has 4 rings (SSSR count). The molecule has 0 bridgehead atoms. The van der Waals surface area contributed by atoms with Crippen LogP contribution in [0, 0.1) is 0 Å². The molecular weight excluding hydrogens is 206 g/mol. The number of hydrogen-bond donors (Lipinski definition) is 0. The van der Waals surface area contributed by atoms with Crippen molar-refractivity contribution in [2.45, 2.75) is 6.42 Å². The monoisotopic (exact) mass is 218 g/mol. The Labute approximate surface area is 99.7 Å². The van der Waals surface area contributed by atoms with E-state index < -0.39 is 0 Å². The van der Waals surface area contributed by atoms with Gasteiger partial charge in [0.15, 0.2) is 6.20 Å². The van der Waals surface area contributed by atoms with Crippen molar-refractivity contribution in [1.29, 1.82) is 0 Å². The number of benzene rings is 2. The van der Waals surface area contributed by atoms with Gasteiger partial charge in [-0.3, -0.25) is 0 Å². The third-order valence-corrected chi connectivity index (χ3v) is 3.61. The molecule has 3 aromatic rings. The molecule has 0 amide bonds. The molecule has 1 aromatic heterocycles. The maximum absolute atomic E-state index is 3.45. The van der Waals surface area contributed by atoms with Crippen LogP contribution in [0.1, 0.15) is 11.1 Å². The van der Waals surface area contributed by atoms with Gasteiger partial charge in [-0.2, -0.15) is 0 Å². The summed E-state index contributed by atoms with van der Waals surface area (Å²) in [7, 11) is 0. The lowest BCUT2D eigenvalue weighted by molar-refractivity contribution is -0.362. The molecule has 1 aliphatic rings. The van der Waals surface area contributed by atoms with Gasteiger partial charge in [0.1, 0.15) is 0 Å². The van der Waals surface area contributed by atoms with E-state index in [2.05, 4.69) is 59.7 Å². The SMILES string of the molecule is c1ccc2c(c1)Cc1c-2[nH+]cc2ccccc12. The number of fused-ring (bicyclic) bond motifs is 5. The topological polar surface area (TPSA) is 14.1 Å². The minimum atomic E-state index is 1.04. The van der Waals surface area contributed by atoms with Gasteiger partial charge < -0.3 is 0 Å². The van der Waals surface area contributed by atoms with Crippen LogP contribution >= 0.6 is 0 Å². The second-order valence-corrected chi connectivity index (χ2v) is 4.56. The third-order valence-electron chi connectivity index (χ3n) is 3.61. The molecular formula is C16H12N+. The summed E-state index contributed by atoms with van der Waals surface area (Å²) in [6, 6.07) is 17.2. The van der Waals surface area contributed by atoms with Crippen LogP contribution in [-0.2, 0) is 6.42 Å². The van der Waals surface area contributed by atoms with E-state index in [1.165, 1.54) is 33.2 Å². The van der Waals surface area contributed by atoms with E-state index in [4.69, 9.17) is 0 Å². The molecule has 0 atom stereocenters. The fourth-order valence-electron chi connectivity index (χ4n) is 2.80. The Bertz CT molecular complexity index is 728. The maximum Gasteiger partial charge on any atom is 0.215 e. The largest absolute Gasteiger partial charge is 0.215 e. The lowest BCUT2D eigenvalue weighted by Gasteiger charge is -1.99. The summed E-state index contributed by atoms with van der Waals surface area (Å²) in [6.07, 6.45) is 3.15. The fraction of sp³-hybridized carbons (Fsp3) is 0.0625. The minimum Gasteiger partial charge on any atom is -0.210 e. The number of pyridine rings is 1. The van der Waals surface area contributed by atoms with E-state index >= 15 is 0 Å². The lowest BCUT2D eigenvalue weighted by Crippen LogP contribution is -2.06. The van der Waals surface area contributed by atoms with Crippen LogP contribution < -0.4 is 4.98 Å². The zero-order valence-electron chi connectivity index (χ0n) is 9.40. The summed E-state index contributed by atoms with van der Waals surface area (Å²) < 4.78 is 0. The van der Waals surface area contributed by atoms with E-state index in [1.54, 1.807) is 0 Å². The van der Waals surface area contributed by atoms with Crippen LogP contribution in [0.2, 0.25) is 0 Å². The molecule has 0 aliphatic heterocycles. The molecule has 1 aliphatic carbocycles. The first-order valence-electron chi connectivity index (χ1n) is 5.94. The molecule has 2 aromatic carbocycles. The Morgan fingerprint density at radius 2 is 1.71 bits per heavy atom. The predicted octanol–water partition coefficient (Wildman–Crippen LogP) is 3.23. The van der Waals surface area contributed by atoms with Gasteiger partial charge in [-0.25, -0.2) is 4.98 Å². The average Bonchev–Trinajstić information content (AvgIpc) is 2.78. The highest BCUT2D eigenvalue weighted by molar-refractivity contribution is 5.91. The summed E-state index contributed by atoms with van der Waals surface area (Å²) in [5.41, 5.74) is 5.51. The number of H-pyrrole nitrogens is 1. The smallest absolute Gasteiger partial charge is 0.210 e. The molecule has 0 saturated heterocycles. The van der Waals surface area contributed by atoms with Crippen LogP contribution in [0.25, 0.3) is 22.0 Å². The summed E-state index contributed by atoms with van der Waals surface area (Å²) in [5, 5.41) is 2.66. The molecule has 0 unspecified atom stereocenters. The molecule has 17 heavy (non-hydrogen) atoms. The van der Waals surface area contributed by atoms with Crippen molar-refractivity contribution in [3.63, 3.8) is 0 Å². The highest BCUT2D eigenvalue weighted by atomic mass is 14.7. The number of nitrogens with one attached hydrogen (secondary N) is 1. The van der Waals surface area contributed by atoms with Crippen LogP contribution in [0.15, 0.2) is 54.7 Å². The summed E-state index contributed by atoms with van der Waals surface area (Å²) in [4.78, 5) is 3.45. The molecule has 1 nitrogen and oxygen atoms in total. The van der Waals surface area contributed by atoms with Gasteiger partial charge in [-0.05, 0) is 23.1 Å². The third kappa shape index (κ3) is 1.17. The van der Waals surface area contributed by atoms with Crippen molar-refractivity contribution >= 4 is 10.8 Å². The van der Waals surface area contributed by atoms with Gasteiger partial charge in [-0.1, -0.05) is 36.4 Å². The van der Waals surface area contributed by atoms with Crippen LogP contribution in [-0.4, -0.2) is 0 Å². The number of hydrogen-bond acceptors (Lipinski definition) is 0. The van der Waals surface area contributed by atoms with Crippen LogP contribution in [0.4, 0.5) is 0 Å². The highest BCUT2D eigenvalue weighted by Gasteiger charge is 2.25. The Balaban J connectivity index is 2.11. The second kappa shape index (κ2) is 3.17. The van der Waals surface area contributed by atoms with Crippen LogP contribution in [0.3, 0.4) is 0 Å². The molecule has 1 heteroatoms. The van der Waals surface area contributed by atoms with E-state index in [0.717, 1.165) is 6.42 Å². The second-order valence-electron chi connectivity index (χ2n) is 4.56. The normalized spacial score (nSPS) is 12.5. The molecule has 0 saturated carbocycles. The average molecular weight is 218 g/mol. The van der Waals surface area contributed by atoms with E-state index in [0.29, 0.717) is 0 Å². The van der Waals surface area contributed by atoms with Gasteiger partial charge in [0.2, 0.25) is 5.69 Å². The standard InChI is InChI=1S/C16H11N/c1-4-8-14-11(5-1)9-15-13-7-3-2-6-12(13)10-17-16(14)15/h1-8,10H,9H2/p+1. The first-order valence-corrected chi connectivity index (χ1v) is 5.94. The molecule has 0 spiro atoms. The zero-order chi connectivity index (χ0) is 11.2. The van der Waals surface area contributed by atoms with E-state index in [9.17, 15) is 0 Å². The van der Waals surface area contributed by atoms with Gasteiger partial charge in [-0.15, -0.1) is 0 Å². The number of aromatic nitrogens is 1. The Morgan fingerprint density at radius 3 is 2.71 bits per heavy atom. The van der Waals surface area contributed by atoms with Gasteiger partial charge in [0, 0.05) is 22.9 Å². The van der Waals surface area contributed by atoms with Gasteiger partial charge in [0.25, 0.3) is 0 Å². The predicted molar refractivity (Wildman–Crippen MR) is 68.7 cm³/mol. The summed E-state index contributed by atoms with van der Waals surface area (Å²) >= 11 is 0. The molecule has 1 N–H and O–H groups in total. The van der Waals surface area contributed by atoms with Crippen molar-refractivity contribution in [2.24, 2.45) is 0 Å².